The number of ether oxygens (including phenoxy) is 1. The zero-order valence-electron chi connectivity index (χ0n) is 17.5. The average molecular weight is 529 g/mol. The van der Waals surface area contributed by atoms with Crippen molar-refractivity contribution in [2.24, 2.45) is 0 Å². The Labute approximate surface area is 204 Å². The van der Waals surface area contributed by atoms with Gasteiger partial charge in [0.15, 0.2) is 11.4 Å². The molecule has 35 heavy (non-hydrogen) atoms. The highest BCUT2D eigenvalue weighted by atomic mass is 35.5. The number of aromatic nitrogens is 3. The molecule has 0 bridgehead atoms. The number of carbonyl (C=O) groups is 1. The van der Waals surface area contributed by atoms with Gasteiger partial charge < -0.3 is 20.3 Å². The van der Waals surface area contributed by atoms with Crippen molar-refractivity contribution in [2.45, 2.75) is 31.4 Å². The molecule has 1 heterocycles. The van der Waals surface area contributed by atoms with Gasteiger partial charge in [-0.2, -0.15) is 9.78 Å². The number of aliphatic hydroxyl groups is 1. The molecular weight excluding hydrogens is 513 g/mol. The second-order valence-corrected chi connectivity index (χ2v) is 8.49. The van der Waals surface area contributed by atoms with Gasteiger partial charge in [0.1, 0.15) is 11.5 Å². The number of rotatable bonds is 6. The van der Waals surface area contributed by atoms with Crippen LogP contribution >= 0.6 is 23.2 Å². The first kappa shape index (κ1) is 24.6. The molecule has 0 aliphatic heterocycles. The van der Waals surface area contributed by atoms with Crippen molar-refractivity contribution in [1.82, 2.24) is 20.1 Å². The maximum absolute atomic E-state index is 13.0. The standard InChI is InChI=1S/C21H16Cl2F2N4O6/c22-13-5-9(29-21(34)27-20(33)16(28-29)18(24)25)6-14(23)17(13)35-11-1-2-15(31)12(7-11)19(32)26-8-3-10(30)4-8/h1-2,5-8,10,18,30-31H,3-4H2,(H,26,32)(H,27,33,34). The van der Waals surface area contributed by atoms with Crippen LogP contribution in [0.2, 0.25) is 10.0 Å². The number of nitrogens with one attached hydrogen (secondary N) is 2. The highest BCUT2D eigenvalue weighted by molar-refractivity contribution is 6.37. The summed E-state index contributed by atoms with van der Waals surface area (Å²) < 4.78 is 32.2. The molecule has 1 amide bonds. The van der Waals surface area contributed by atoms with E-state index in [1.165, 1.54) is 18.2 Å². The smallest absolute Gasteiger partial charge is 0.349 e. The molecule has 4 rings (SSSR count). The van der Waals surface area contributed by atoms with Gasteiger partial charge in [-0.15, -0.1) is 0 Å². The molecule has 2 aromatic carbocycles. The van der Waals surface area contributed by atoms with Crippen molar-refractivity contribution < 1.29 is 28.5 Å². The number of H-pyrrole nitrogens is 1. The van der Waals surface area contributed by atoms with Crippen LogP contribution in [-0.2, 0) is 0 Å². The number of phenols is 1. The van der Waals surface area contributed by atoms with E-state index in [4.69, 9.17) is 27.9 Å². The Hall–Kier alpha value is -3.48. The molecule has 0 saturated heterocycles. The average Bonchev–Trinajstić information content (AvgIpc) is 2.75. The van der Waals surface area contributed by atoms with Crippen LogP contribution in [-0.4, -0.2) is 43.0 Å². The number of carbonyl (C=O) groups excluding carboxylic acids is 1. The number of aliphatic hydroxyl groups excluding tert-OH is 1. The molecule has 0 unspecified atom stereocenters. The van der Waals surface area contributed by atoms with Gasteiger partial charge in [0.2, 0.25) is 0 Å². The molecule has 1 fully saturated rings. The lowest BCUT2D eigenvalue weighted by atomic mass is 9.89. The summed E-state index contributed by atoms with van der Waals surface area (Å²) in [4.78, 5) is 37.8. The normalized spacial score (nSPS) is 17.2. The summed E-state index contributed by atoms with van der Waals surface area (Å²) >= 11 is 12.5. The topological polar surface area (TPSA) is 147 Å². The van der Waals surface area contributed by atoms with E-state index in [0.29, 0.717) is 17.5 Å². The molecule has 1 aromatic heterocycles. The first-order valence-electron chi connectivity index (χ1n) is 10.0. The maximum atomic E-state index is 13.0. The number of phenolic OH excluding ortho intramolecular Hbond substituents is 1. The summed E-state index contributed by atoms with van der Waals surface area (Å²) in [5.74, 6) is -0.892. The Kier molecular flexibility index (Phi) is 6.79. The van der Waals surface area contributed by atoms with Gasteiger partial charge in [0.25, 0.3) is 17.9 Å². The Morgan fingerprint density at radius 2 is 1.86 bits per heavy atom. The first-order chi connectivity index (χ1) is 16.5. The minimum atomic E-state index is -3.23. The van der Waals surface area contributed by atoms with Crippen LogP contribution in [0.25, 0.3) is 5.69 Å². The van der Waals surface area contributed by atoms with Gasteiger partial charge in [-0.3, -0.25) is 14.6 Å². The van der Waals surface area contributed by atoms with Gasteiger partial charge in [-0.25, -0.2) is 13.6 Å². The van der Waals surface area contributed by atoms with Crippen molar-refractivity contribution in [3.8, 4) is 22.9 Å². The fourth-order valence-electron chi connectivity index (χ4n) is 3.34. The van der Waals surface area contributed by atoms with Crippen LogP contribution in [0.1, 0.15) is 35.3 Å². The molecule has 14 heteroatoms. The molecule has 10 nitrogen and oxygen atoms in total. The number of hydrogen-bond donors (Lipinski definition) is 4. The number of nitrogens with zero attached hydrogens (tertiary/aromatic N) is 2. The number of alkyl halides is 2. The quantitative estimate of drug-likeness (QED) is 0.384. The second kappa shape index (κ2) is 9.64. The predicted molar refractivity (Wildman–Crippen MR) is 120 cm³/mol. The van der Waals surface area contributed by atoms with E-state index in [-0.39, 0.29) is 44.6 Å². The zero-order chi connectivity index (χ0) is 25.4. The SMILES string of the molecule is O=C(NC1CC(O)C1)c1cc(Oc2c(Cl)cc(-n3nc(C(F)F)c(=O)[nH]c3=O)cc2Cl)ccc1O. The van der Waals surface area contributed by atoms with Crippen LogP contribution in [0, 0.1) is 0 Å². The molecule has 0 atom stereocenters. The number of hydrogen-bond acceptors (Lipinski definition) is 7. The largest absolute Gasteiger partial charge is 0.507 e. The summed E-state index contributed by atoms with van der Waals surface area (Å²) in [6, 6.07) is 5.92. The van der Waals surface area contributed by atoms with Crippen molar-refractivity contribution >= 4 is 29.1 Å². The van der Waals surface area contributed by atoms with Crippen LogP contribution in [0.3, 0.4) is 0 Å². The molecule has 1 aliphatic rings. The number of halogens is 4. The van der Waals surface area contributed by atoms with Crippen molar-refractivity contribution in [2.75, 3.05) is 0 Å². The molecule has 0 radical (unpaired) electrons. The summed E-state index contributed by atoms with van der Waals surface area (Å²) in [5, 5.41) is 25.2. The third kappa shape index (κ3) is 5.14. The van der Waals surface area contributed by atoms with E-state index in [0.717, 1.165) is 12.1 Å². The minimum Gasteiger partial charge on any atom is -0.507 e. The highest BCUT2D eigenvalue weighted by Crippen LogP contribution is 2.39. The van der Waals surface area contributed by atoms with Crippen LogP contribution in [0.5, 0.6) is 17.2 Å². The number of benzene rings is 2. The second-order valence-electron chi connectivity index (χ2n) is 7.67. The number of amides is 1. The van der Waals surface area contributed by atoms with Gasteiger partial charge in [0, 0.05) is 6.04 Å². The Morgan fingerprint density at radius 1 is 1.20 bits per heavy atom. The molecule has 184 valence electrons. The van der Waals surface area contributed by atoms with Gasteiger partial charge in [0.05, 0.1) is 27.4 Å². The summed E-state index contributed by atoms with van der Waals surface area (Å²) in [6.07, 6.45) is -2.88. The molecule has 4 N–H and O–H groups in total. The van der Waals surface area contributed by atoms with Crippen LogP contribution < -0.4 is 21.3 Å². The van der Waals surface area contributed by atoms with E-state index in [2.05, 4.69) is 10.4 Å². The lowest BCUT2D eigenvalue weighted by molar-refractivity contribution is 0.0561. The Bertz CT molecular complexity index is 1400. The number of aromatic amines is 1. The van der Waals surface area contributed by atoms with E-state index >= 15 is 0 Å². The van der Waals surface area contributed by atoms with E-state index in [9.17, 15) is 33.4 Å². The molecule has 3 aromatic rings. The van der Waals surface area contributed by atoms with Gasteiger partial charge in [-0.1, -0.05) is 23.2 Å². The summed E-state index contributed by atoms with van der Waals surface area (Å²) in [5.41, 5.74) is -3.78. The molecule has 1 saturated carbocycles. The van der Waals surface area contributed by atoms with Crippen LogP contribution in [0.4, 0.5) is 8.78 Å². The highest BCUT2D eigenvalue weighted by Gasteiger charge is 2.29. The van der Waals surface area contributed by atoms with Crippen LogP contribution in [0.15, 0.2) is 39.9 Å². The fourth-order valence-corrected chi connectivity index (χ4v) is 3.90. The Balaban J connectivity index is 1.62. The van der Waals surface area contributed by atoms with E-state index in [1.54, 1.807) is 4.98 Å². The lowest BCUT2D eigenvalue weighted by Gasteiger charge is -2.32. The zero-order valence-corrected chi connectivity index (χ0v) is 19.0. The van der Waals surface area contributed by atoms with Gasteiger partial charge in [-0.05, 0) is 43.2 Å². The Morgan fingerprint density at radius 3 is 2.46 bits per heavy atom. The lowest BCUT2D eigenvalue weighted by Crippen LogP contribution is -2.46. The monoisotopic (exact) mass is 528 g/mol. The number of aromatic hydroxyl groups is 1. The predicted octanol–water partition coefficient (Wildman–Crippen LogP) is 2.92. The van der Waals surface area contributed by atoms with Crippen molar-refractivity contribution in [3.05, 3.63) is 72.5 Å². The maximum Gasteiger partial charge on any atom is 0.349 e. The first-order valence-corrected chi connectivity index (χ1v) is 10.8. The van der Waals surface area contributed by atoms with E-state index in [1.807, 2.05) is 0 Å². The molecule has 1 aliphatic carbocycles. The van der Waals surface area contributed by atoms with Gasteiger partial charge >= 0.3 is 5.69 Å². The summed E-state index contributed by atoms with van der Waals surface area (Å²) in [6.45, 7) is 0. The minimum absolute atomic E-state index is 0.0810. The van der Waals surface area contributed by atoms with Crippen molar-refractivity contribution in [3.63, 3.8) is 0 Å². The summed E-state index contributed by atoms with van der Waals surface area (Å²) in [7, 11) is 0. The third-order valence-corrected chi connectivity index (χ3v) is 5.73. The van der Waals surface area contributed by atoms with E-state index < -0.39 is 35.4 Å². The third-order valence-electron chi connectivity index (χ3n) is 5.17. The van der Waals surface area contributed by atoms with Crippen molar-refractivity contribution in [1.29, 1.82) is 0 Å². The molecular formula is C21H16Cl2F2N4O6. The molecule has 0 spiro atoms. The fraction of sp³-hybridized carbons (Fsp3) is 0.238.